The molecule has 0 spiro atoms. The number of rotatable bonds is 5. The van der Waals surface area contributed by atoms with E-state index < -0.39 is 0 Å². The molecular formula is C22H25N5O. The van der Waals surface area contributed by atoms with Gasteiger partial charge in [0, 0.05) is 61.9 Å². The highest BCUT2D eigenvalue weighted by molar-refractivity contribution is 5.78. The van der Waals surface area contributed by atoms with Crippen LogP contribution in [0.15, 0.2) is 55.2 Å². The Labute approximate surface area is 165 Å². The lowest BCUT2D eigenvalue weighted by Crippen LogP contribution is -2.40. The van der Waals surface area contributed by atoms with Crippen molar-refractivity contribution in [3.8, 4) is 11.4 Å². The summed E-state index contributed by atoms with van der Waals surface area (Å²) >= 11 is 0. The Morgan fingerprint density at radius 3 is 2.50 bits per heavy atom. The van der Waals surface area contributed by atoms with Crippen LogP contribution in [-0.2, 0) is 17.8 Å². The summed E-state index contributed by atoms with van der Waals surface area (Å²) in [5.41, 5.74) is 3.18. The van der Waals surface area contributed by atoms with Crippen molar-refractivity contribution in [3.63, 3.8) is 0 Å². The van der Waals surface area contributed by atoms with Gasteiger partial charge in [-0.3, -0.25) is 14.8 Å². The van der Waals surface area contributed by atoms with Crippen LogP contribution in [-0.4, -0.2) is 43.4 Å². The second kappa shape index (κ2) is 8.33. The third kappa shape index (κ3) is 4.11. The maximum absolute atomic E-state index is 12.6. The summed E-state index contributed by atoms with van der Waals surface area (Å²) in [6.45, 7) is 4.67. The molecule has 1 aliphatic heterocycles. The van der Waals surface area contributed by atoms with E-state index in [1.165, 1.54) is 0 Å². The molecule has 1 amide bonds. The Bertz CT molecular complexity index is 915. The highest BCUT2D eigenvalue weighted by atomic mass is 16.2. The molecule has 3 aromatic rings. The molecule has 1 saturated heterocycles. The molecule has 28 heavy (non-hydrogen) atoms. The second-order valence-corrected chi connectivity index (χ2v) is 7.44. The molecule has 0 radical (unpaired) electrons. The number of piperidine rings is 1. The van der Waals surface area contributed by atoms with Crippen molar-refractivity contribution in [2.24, 2.45) is 5.92 Å². The van der Waals surface area contributed by atoms with E-state index in [2.05, 4.69) is 26.4 Å². The topological polar surface area (TPSA) is 63.9 Å². The zero-order valence-electron chi connectivity index (χ0n) is 16.2. The van der Waals surface area contributed by atoms with Crippen LogP contribution >= 0.6 is 0 Å². The predicted molar refractivity (Wildman–Crippen MR) is 107 cm³/mol. The zero-order valence-corrected chi connectivity index (χ0v) is 16.2. The van der Waals surface area contributed by atoms with Gasteiger partial charge in [0.25, 0.3) is 0 Å². The van der Waals surface area contributed by atoms with Crippen LogP contribution in [0.25, 0.3) is 11.4 Å². The van der Waals surface area contributed by atoms with Crippen molar-refractivity contribution in [1.82, 2.24) is 24.4 Å². The minimum atomic E-state index is 0.196. The minimum Gasteiger partial charge on any atom is -0.342 e. The van der Waals surface area contributed by atoms with Gasteiger partial charge in [0.1, 0.15) is 5.82 Å². The lowest BCUT2D eigenvalue weighted by molar-refractivity contribution is -0.131. The van der Waals surface area contributed by atoms with E-state index in [0.717, 1.165) is 55.1 Å². The van der Waals surface area contributed by atoms with Crippen LogP contribution in [0.2, 0.25) is 0 Å². The van der Waals surface area contributed by atoms with E-state index in [-0.39, 0.29) is 5.91 Å². The Morgan fingerprint density at radius 1 is 1.07 bits per heavy atom. The second-order valence-electron chi connectivity index (χ2n) is 7.44. The monoisotopic (exact) mass is 375 g/mol. The first-order valence-corrected chi connectivity index (χ1v) is 9.80. The van der Waals surface area contributed by atoms with E-state index >= 15 is 0 Å². The van der Waals surface area contributed by atoms with Crippen molar-refractivity contribution in [1.29, 1.82) is 0 Å². The highest BCUT2D eigenvalue weighted by Crippen LogP contribution is 2.25. The summed E-state index contributed by atoms with van der Waals surface area (Å²) < 4.78 is 2.29. The molecule has 144 valence electrons. The first kappa shape index (κ1) is 18.3. The fourth-order valence-corrected chi connectivity index (χ4v) is 3.83. The first-order valence-electron chi connectivity index (χ1n) is 9.80. The van der Waals surface area contributed by atoms with Gasteiger partial charge in [0.05, 0.1) is 6.42 Å². The number of aromatic nitrogens is 4. The number of amides is 1. The minimum absolute atomic E-state index is 0.196. The van der Waals surface area contributed by atoms with Crippen LogP contribution in [0.4, 0.5) is 0 Å². The maximum Gasteiger partial charge on any atom is 0.227 e. The maximum atomic E-state index is 12.6. The molecule has 3 aromatic heterocycles. The van der Waals surface area contributed by atoms with E-state index in [9.17, 15) is 4.79 Å². The fourth-order valence-electron chi connectivity index (χ4n) is 3.83. The average molecular weight is 375 g/mol. The summed E-state index contributed by atoms with van der Waals surface area (Å²) in [5.74, 6) is 1.72. The van der Waals surface area contributed by atoms with E-state index in [0.29, 0.717) is 12.3 Å². The molecule has 0 bridgehead atoms. The zero-order chi connectivity index (χ0) is 19.3. The molecule has 6 nitrogen and oxygen atoms in total. The predicted octanol–water partition coefficient (Wildman–Crippen LogP) is 3.13. The van der Waals surface area contributed by atoms with Crippen LogP contribution in [0.5, 0.6) is 0 Å². The Hall–Kier alpha value is -3.02. The Kier molecular flexibility index (Phi) is 5.46. The van der Waals surface area contributed by atoms with Gasteiger partial charge in [-0.15, -0.1) is 0 Å². The molecule has 0 aromatic carbocycles. The third-order valence-electron chi connectivity index (χ3n) is 5.46. The number of carbonyl (C=O) groups is 1. The van der Waals surface area contributed by atoms with E-state index in [1.807, 2.05) is 41.6 Å². The number of aryl methyl sites for hydroxylation is 1. The smallest absolute Gasteiger partial charge is 0.227 e. The van der Waals surface area contributed by atoms with Crippen LogP contribution in [0, 0.1) is 12.8 Å². The lowest BCUT2D eigenvalue weighted by atomic mass is 9.96. The Balaban J connectivity index is 1.36. The number of hydrogen-bond acceptors (Lipinski definition) is 4. The van der Waals surface area contributed by atoms with Crippen LogP contribution in [0.1, 0.15) is 24.1 Å². The molecule has 0 saturated carbocycles. The number of likely N-dealkylation sites (tertiary alicyclic amines) is 1. The lowest BCUT2D eigenvalue weighted by Gasteiger charge is -2.32. The van der Waals surface area contributed by atoms with Gasteiger partial charge in [-0.2, -0.15) is 0 Å². The molecule has 1 aliphatic rings. The molecule has 4 heterocycles. The van der Waals surface area contributed by atoms with Gasteiger partial charge < -0.3 is 9.47 Å². The summed E-state index contributed by atoms with van der Waals surface area (Å²) in [4.78, 5) is 27.5. The van der Waals surface area contributed by atoms with Crippen molar-refractivity contribution >= 4 is 5.91 Å². The molecule has 1 fully saturated rings. The number of nitrogens with zero attached hydrogens (tertiary/aromatic N) is 5. The Morgan fingerprint density at radius 2 is 1.82 bits per heavy atom. The van der Waals surface area contributed by atoms with Crippen molar-refractivity contribution in [2.75, 3.05) is 13.1 Å². The van der Waals surface area contributed by atoms with Gasteiger partial charge in [-0.25, -0.2) is 4.98 Å². The number of imidazole rings is 1. The third-order valence-corrected chi connectivity index (χ3v) is 5.46. The van der Waals surface area contributed by atoms with Crippen LogP contribution < -0.4 is 0 Å². The van der Waals surface area contributed by atoms with E-state index in [1.54, 1.807) is 18.6 Å². The van der Waals surface area contributed by atoms with Gasteiger partial charge in [0.2, 0.25) is 5.91 Å². The van der Waals surface area contributed by atoms with E-state index in [4.69, 9.17) is 0 Å². The number of hydrogen-bond donors (Lipinski definition) is 0. The normalized spacial score (nSPS) is 15.0. The molecule has 0 aliphatic carbocycles. The van der Waals surface area contributed by atoms with Crippen molar-refractivity contribution in [3.05, 3.63) is 66.5 Å². The molecule has 6 heteroatoms. The first-order chi connectivity index (χ1) is 13.7. The SMILES string of the molecule is Cc1cnc(-c2cccnc2)n1CC1CCN(C(=O)Cc2cccnc2)CC1. The molecular weight excluding hydrogens is 350 g/mol. The fraction of sp³-hybridized carbons (Fsp3) is 0.364. The van der Waals surface area contributed by atoms with Gasteiger partial charge >= 0.3 is 0 Å². The average Bonchev–Trinajstić information content (AvgIpc) is 3.10. The van der Waals surface area contributed by atoms with Gasteiger partial charge in [-0.1, -0.05) is 6.07 Å². The quantitative estimate of drug-likeness (QED) is 0.687. The number of carbonyl (C=O) groups excluding carboxylic acids is 1. The number of pyridine rings is 2. The molecule has 0 atom stereocenters. The molecule has 0 unspecified atom stereocenters. The summed E-state index contributed by atoms with van der Waals surface area (Å²) in [7, 11) is 0. The van der Waals surface area contributed by atoms with Gasteiger partial charge in [-0.05, 0) is 49.4 Å². The standard InChI is InChI=1S/C22H25N5O/c1-17-13-25-22(20-5-3-9-24-15-20)27(17)16-18-6-10-26(11-7-18)21(28)12-19-4-2-8-23-14-19/h2-5,8-9,13-15,18H,6-7,10-12,16H2,1H3. The van der Waals surface area contributed by atoms with Gasteiger partial charge in [0.15, 0.2) is 0 Å². The van der Waals surface area contributed by atoms with Crippen molar-refractivity contribution < 1.29 is 4.79 Å². The highest BCUT2D eigenvalue weighted by Gasteiger charge is 2.24. The summed E-state index contributed by atoms with van der Waals surface area (Å²) in [6, 6.07) is 7.82. The van der Waals surface area contributed by atoms with Crippen molar-refractivity contribution in [2.45, 2.75) is 32.7 Å². The largest absolute Gasteiger partial charge is 0.342 e. The van der Waals surface area contributed by atoms with Crippen LogP contribution in [0.3, 0.4) is 0 Å². The summed E-state index contributed by atoms with van der Waals surface area (Å²) in [5, 5.41) is 0. The molecule has 0 N–H and O–H groups in total. The summed E-state index contributed by atoms with van der Waals surface area (Å²) in [6.07, 6.45) is 11.5. The molecule has 4 rings (SSSR count).